The van der Waals surface area contributed by atoms with Crippen LogP contribution in [0.5, 0.6) is 0 Å². The number of halogens is 5. The minimum atomic E-state index is -4.57. The highest BCUT2D eigenvalue weighted by Crippen LogP contribution is 2.47. The van der Waals surface area contributed by atoms with Gasteiger partial charge in [-0.2, -0.15) is 17.9 Å². The lowest BCUT2D eigenvalue weighted by Gasteiger charge is -2.28. The van der Waals surface area contributed by atoms with Gasteiger partial charge in [-0.15, -0.1) is 5.10 Å². The summed E-state index contributed by atoms with van der Waals surface area (Å²) in [5.74, 6) is 5.64. The summed E-state index contributed by atoms with van der Waals surface area (Å²) >= 11 is 13.9. The largest absolute Gasteiger partial charge is 0.416 e. The molecule has 1 aromatic heterocycles. The molecule has 0 unspecified atom stereocenters. The summed E-state index contributed by atoms with van der Waals surface area (Å²) in [5, 5.41) is 18.0. The number of alkyl halides is 3. The molecule has 2 N–H and O–H groups in total. The molecule has 0 spiro atoms. The number of piperazine rings is 1. The Balaban J connectivity index is 1.18. The van der Waals surface area contributed by atoms with E-state index in [1.807, 2.05) is 13.8 Å². The van der Waals surface area contributed by atoms with Gasteiger partial charge >= 0.3 is 6.18 Å². The minimum absolute atomic E-state index is 0.00849. The number of amides is 1. The number of carbonyl (C=O) groups excluding carboxylic acids is 1. The molecule has 240 valence electrons. The summed E-state index contributed by atoms with van der Waals surface area (Å²) in [6, 6.07) is 7.05. The number of ether oxygens (including phenoxy) is 1. The van der Waals surface area contributed by atoms with Gasteiger partial charge in [0.1, 0.15) is 5.60 Å². The average molecular weight is 683 g/mol. The number of hydrogen-bond acceptors (Lipinski definition) is 8. The van der Waals surface area contributed by atoms with Crippen molar-refractivity contribution < 1.29 is 22.7 Å². The van der Waals surface area contributed by atoms with Crippen LogP contribution in [-0.2, 0) is 15.7 Å². The fourth-order valence-electron chi connectivity index (χ4n) is 4.69. The number of tetrazole rings is 1. The number of hydrogen-bond donors (Lipinski definition) is 2. The van der Waals surface area contributed by atoms with Crippen LogP contribution < -0.4 is 10.6 Å². The lowest BCUT2D eigenvalue weighted by Crippen LogP contribution is -2.45. The molecule has 3 aromatic rings. The van der Waals surface area contributed by atoms with Crippen LogP contribution in [0.4, 0.5) is 18.9 Å². The first-order valence-corrected chi connectivity index (χ1v) is 16.2. The van der Waals surface area contributed by atoms with Gasteiger partial charge in [-0.25, -0.2) is 0 Å². The predicted molar refractivity (Wildman–Crippen MR) is 168 cm³/mol. The number of thioether (sulfide) groups is 1. The smallest absolute Gasteiger partial charge is 0.362 e. The van der Waals surface area contributed by atoms with Gasteiger partial charge in [0.2, 0.25) is 11.1 Å². The Morgan fingerprint density at radius 3 is 2.62 bits per heavy atom. The molecule has 0 bridgehead atoms. The van der Waals surface area contributed by atoms with E-state index < -0.39 is 23.2 Å². The molecule has 0 radical (unpaired) electrons. The summed E-state index contributed by atoms with van der Waals surface area (Å²) in [6.07, 6.45) is -3.05. The third-order valence-corrected chi connectivity index (χ3v) is 8.90. The van der Waals surface area contributed by atoms with Crippen molar-refractivity contribution in [1.82, 2.24) is 30.4 Å². The Bertz CT molecular complexity index is 1600. The van der Waals surface area contributed by atoms with Crippen LogP contribution >= 0.6 is 35.0 Å². The molecule has 1 saturated heterocycles. The molecule has 5 rings (SSSR count). The standard InChI is InChI=1S/C30H32Cl2F3N7O2S/c1-29(2,44-14-13-41-11-9-36-10-12-41)8-7-19-3-6-24(23(31)15-19)37-26(43)18-45-28-38-39-40-42(28)25-17-21(30(33,34)35)16-22(27(25)32)20-4-5-20/h3,6,15-17,20,36H,4-5,9-14,18H2,1-2H3,(H,37,43). The van der Waals surface area contributed by atoms with E-state index >= 15 is 0 Å². The molecule has 15 heteroatoms. The fraction of sp³-hybridized carbons (Fsp3) is 0.467. The summed E-state index contributed by atoms with van der Waals surface area (Å²) < 4.78 is 48.0. The normalized spacial score (nSPS) is 15.9. The van der Waals surface area contributed by atoms with Gasteiger partial charge in [0.05, 0.1) is 39.3 Å². The first-order chi connectivity index (χ1) is 21.4. The second-order valence-electron chi connectivity index (χ2n) is 11.3. The lowest BCUT2D eigenvalue weighted by atomic mass is 10.0. The quantitative estimate of drug-likeness (QED) is 0.210. The van der Waals surface area contributed by atoms with Crippen molar-refractivity contribution in [2.24, 2.45) is 0 Å². The molecular weight excluding hydrogens is 650 g/mol. The molecule has 2 fully saturated rings. The predicted octanol–water partition coefficient (Wildman–Crippen LogP) is 5.65. The highest BCUT2D eigenvalue weighted by atomic mass is 35.5. The topological polar surface area (TPSA) is 97.2 Å². The van der Waals surface area contributed by atoms with E-state index in [2.05, 4.69) is 42.9 Å². The van der Waals surface area contributed by atoms with E-state index in [4.69, 9.17) is 27.9 Å². The molecular formula is C30H32Cl2F3N7O2S. The van der Waals surface area contributed by atoms with Crippen molar-refractivity contribution in [3.63, 3.8) is 0 Å². The van der Waals surface area contributed by atoms with Crippen LogP contribution in [0.1, 0.15) is 49.3 Å². The van der Waals surface area contributed by atoms with Crippen LogP contribution in [0.15, 0.2) is 35.5 Å². The van der Waals surface area contributed by atoms with Crippen LogP contribution in [0, 0.1) is 11.8 Å². The van der Waals surface area contributed by atoms with Crippen molar-refractivity contribution in [2.75, 3.05) is 50.4 Å². The average Bonchev–Trinajstić information content (AvgIpc) is 3.73. The van der Waals surface area contributed by atoms with Gasteiger partial charge in [-0.05, 0) is 78.9 Å². The van der Waals surface area contributed by atoms with Gasteiger partial charge in [-0.1, -0.05) is 46.8 Å². The minimum Gasteiger partial charge on any atom is -0.362 e. The van der Waals surface area contributed by atoms with E-state index in [1.165, 1.54) is 0 Å². The SMILES string of the molecule is CC(C)(C#Cc1ccc(NC(=O)CSc2nnnn2-c2cc(C(F)(F)F)cc(C3CC3)c2Cl)c(Cl)c1)OCCN1CCNCC1. The van der Waals surface area contributed by atoms with Gasteiger partial charge < -0.3 is 15.4 Å². The summed E-state index contributed by atoms with van der Waals surface area (Å²) in [6.45, 7) is 9.23. The molecule has 2 aliphatic rings. The van der Waals surface area contributed by atoms with Gasteiger partial charge in [-0.3, -0.25) is 9.69 Å². The summed E-state index contributed by atoms with van der Waals surface area (Å²) in [4.78, 5) is 15.1. The first kappa shape index (κ1) is 33.5. The monoisotopic (exact) mass is 681 g/mol. The van der Waals surface area contributed by atoms with Crippen molar-refractivity contribution in [2.45, 2.75) is 49.5 Å². The van der Waals surface area contributed by atoms with Crippen molar-refractivity contribution in [3.05, 3.63) is 57.1 Å². The summed E-state index contributed by atoms with van der Waals surface area (Å²) in [5.41, 5.74) is -0.0253. The maximum atomic E-state index is 13.6. The van der Waals surface area contributed by atoms with E-state index in [9.17, 15) is 18.0 Å². The maximum absolute atomic E-state index is 13.6. The van der Waals surface area contributed by atoms with E-state index in [-0.39, 0.29) is 27.5 Å². The number of anilines is 1. The van der Waals surface area contributed by atoms with Gasteiger partial charge in [0, 0.05) is 38.3 Å². The van der Waals surface area contributed by atoms with E-state index in [0.29, 0.717) is 28.4 Å². The Morgan fingerprint density at radius 1 is 1.18 bits per heavy atom. The highest BCUT2D eigenvalue weighted by Gasteiger charge is 2.36. The van der Waals surface area contributed by atoms with Crippen molar-refractivity contribution in [3.8, 4) is 17.5 Å². The molecule has 2 heterocycles. The number of carbonyl (C=O) groups is 1. The van der Waals surface area contributed by atoms with Crippen molar-refractivity contribution in [1.29, 1.82) is 0 Å². The maximum Gasteiger partial charge on any atom is 0.416 e. The molecule has 45 heavy (non-hydrogen) atoms. The third kappa shape index (κ3) is 9.12. The van der Waals surface area contributed by atoms with Crippen LogP contribution in [0.3, 0.4) is 0 Å². The molecule has 1 aliphatic carbocycles. The van der Waals surface area contributed by atoms with Crippen LogP contribution in [0.25, 0.3) is 5.69 Å². The first-order valence-electron chi connectivity index (χ1n) is 14.4. The van der Waals surface area contributed by atoms with Crippen LogP contribution in [0.2, 0.25) is 10.0 Å². The Morgan fingerprint density at radius 2 is 1.93 bits per heavy atom. The zero-order chi connectivity index (χ0) is 32.2. The molecule has 1 amide bonds. The van der Waals surface area contributed by atoms with Crippen molar-refractivity contribution >= 4 is 46.6 Å². The molecule has 2 aromatic carbocycles. The number of nitrogens with one attached hydrogen (secondary N) is 2. The lowest BCUT2D eigenvalue weighted by molar-refractivity contribution is -0.137. The Hall–Kier alpha value is -2.86. The van der Waals surface area contributed by atoms with Crippen LogP contribution in [-0.4, -0.2) is 81.7 Å². The molecule has 1 saturated carbocycles. The number of rotatable bonds is 10. The number of benzene rings is 2. The molecule has 9 nitrogen and oxygen atoms in total. The second kappa shape index (κ2) is 14.3. The molecule has 1 aliphatic heterocycles. The zero-order valence-electron chi connectivity index (χ0n) is 24.7. The zero-order valence-corrected chi connectivity index (χ0v) is 27.0. The van der Waals surface area contributed by atoms with E-state index in [1.54, 1.807) is 18.2 Å². The van der Waals surface area contributed by atoms with E-state index in [0.717, 1.165) is 74.1 Å². The third-order valence-electron chi connectivity index (χ3n) is 7.26. The summed E-state index contributed by atoms with van der Waals surface area (Å²) in [7, 11) is 0. The number of nitrogens with zero attached hydrogens (tertiary/aromatic N) is 5. The van der Waals surface area contributed by atoms with Gasteiger partial charge in [0.25, 0.3) is 0 Å². The number of aromatic nitrogens is 4. The molecule has 0 atom stereocenters. The highest BCUT2D eigenvalue weighted by molar-refractivity contribution is 7.99. The second-order valence-corrected chi connectivity index (χ2v) is 13.0. The Kier molecular flexibility index (Phi) is 10.6. The fourth-order valence-corrected chi connectivity index (χ4v) is 5.95. The van der Waals surface area contributed by atoms with Gasteiger partial charge in [0.15, 0.2) is 0 Å². The Labute approximate surface area is 273 Å².